The molecule has 1 unspecified atom stereocenters. The zero-order valence-corrected chi connectivity index (χ0v) is 22.9. The molecular weight excluding hydrogens is 424 g/mol. The van der Waals surface area contributed by atoms with E-state index >= 15 is 0 Å². The number of allylic oxidation sites excluding steroid dienone is 2. The molecule has 0 aliphatic heterocycles. The molecule has 0 aromatic rings. The second-order valence-corrected chi connectivity index (χ2v) is 9.82. The minimum atomic E-state index is -0.528. The van der Waals surface area contributed by atoms with Crippen LogP contribution in [0.5, 0.6) is 0 Å². The van der Waals surface area contributed by atoms with Crippen LogP contribution in [-0.2, 0) is 14.3 Å². The molecule has 202 valence electrons. The van der Waals surface area contributed by atoms with E-state index in [4.69, 9.17) is 9.47 Å². The Bertz CT molecular complexity index is 436. The fourth-order valence-electron chi connectivity index (χ4n) is 4.08. The van der Waals surface area contributed by atoms with Crippen molar-refractivity contribution in [3.8, 4) is 0 Å². The monoisotopic (exact) mass is 482 g/mol. The second-order valence-electron chi connectivity index (χ2n) is 9.82. The first-order chi connectivity index (χ1) is 16.7. The van der Waals surface area contributed by atoms with Gasteiger partial charge in [-0.2, -0.15) is 0 Å². The van der Waals surface area contributed by atoms with Crippen LogP contribution < -0.4 is 0 Å². The summed E-state index contributed by atoms with van der Waals surface area (Å²) >= 11 is 0. The number of hydrogen-bond donors (Lipinski definition) is 1. The molecule has 0 heterocycles. The van der Waals surface area contributed by atoms with E-state index in [2.05, 4.69) is 26.0 Å². The number of carbonyl (C=O) groups is 1. The molecule has 34 heavy (non-hydrogen) atoms. The van der Waals surface area contributed by atoms with Crippen LogP contribution in [0.3, 0.4) is 0 Å². The van der Waals surface area contributed by atoms with Crippen LogP contribution in [0, 0.1) is 0 Å². The van der Waals surface area contributed by atoms with E-state index in [1.54, 1.807) is 0 Å². The molecule has 0 aliphatic carbocycles. The van der Waals surface area contributed by atoms with Crippen LogP contribution in [0.4, 0.5) is 0 Å². The summed E-state index contributed by atoms with van der Waals surface area (Å²) in [5, 5.41) is 9.46. The highest BCUT2D eigenvalue weighted by Gasteiger charge is 2.13. The highest BCUT2D eigenvalue weighted by molar-refractivity contribution is 5.69. The van der Waals surface area contributed by atoms with Crippen molar-refractivity contribution in [1.82, 2.24) is 0 Å². The molecule has 0 bridgehead atoms. The number of carbonyl (C=O) groups excluding carboxylic acids is 1. The van der Waals surface area contributed by atoms with E-state index in [0.717, 1.165) is 19.3 Å². The normalized spacial score (nSPS) is 12.4. The molecule has 0 radical (unpaired) electrons. The van der Waals surface area contributed by atoms with Crippen molar-refractivity contribution < 1.29 is 19.4 Å². The molecule has 0 saturated heterocycles. The lowest BCUT2D eigenvalue weighted by Crippen LogP contribution is -2.27. The summed E-state index contributed by atoms with van der Waals surface area (Å²) in [6.45, 7) is 5.30. The average Bonchev–Trinajstić information content (AvgIpc) is 2.84. The summed E-state index contributed by atoms with van der Waals surface area (Å²) in [6, 6.07) is 0. The van der Waals surface area contributed by atoms with Crippen molar-refractivity contribution >= 4 is 5.97 Å². The third-order valence-corrected chi connectivity index (χ3v) is 6.34. The fraction of sp³-hybridized carbons (Fsp3) is 0.900. The first-order valence-electron chi connectivity index (χ1n) is 14.8. The maximum Gasteiger partial charge on any atom is 0.306 e. The van der Waals surface area contributed by atoms with Gasteiger partial charge in [-0.15, -0.1) is 0 Å². The minimum Gasteiger partial charge on any atom is -0.457 e. The van der Waals surface area contributed by atoms with E-state index in [1.165, 1.54) is 109 Å². The third-order valence-electron chi connectivity index (χ3n) is 6.34. The Hall–Kier alpha value is -0.870. The predicted octanol–water partition coefficient (Wildman–Crippen LogP) is 8.70. The number of ether oxygens (including phenoxy) is 2. The largest absolute Gasteiger partial charge is 0.457 e. The Balaban J connectivity index is 3.47. The molecule has 0 aliphatic rings. The van der Waals surface area contributed by atoms with E-state index in [9.17, 15) is 9.90 Å². The van der Waals surface area contributed by atoms with Gasteiger partial charge in [-0.25, -0.2) is 0 Å². The first kappa shape index (κ1) is 33.1. The van der Waals surface area contributed by atoms with Gasteiger partial charge >= 0.3 is 5.97 Å². The van der Waals surface area contributed by atoms with Gasteiger partial charge in [-0.1, -0.05) is 116 Å². The second kappa shape index (κ2) is 28.4. The Labute approximate surface area is 212 Å². The van der Waals surface area contributed by atoms with Gasteiger partial charge in [0.05, 0.1) is 13.2 Å². The number of hydrogen-bond acceptors (Lipinski definition) is 4. The zero-order chi connectivity index (χ0) is 25.0. The molecule has 0 aromatic heterocycles. The summed E-state index contributed by atoms with van der Waals surface area (Å²) in [7, 11) is 0. The van der Waals surface area contributed by atoms with Crippen molar-refractivity contribution in [2.45, 2.75) is 155 Å². The van der Waals surface area contributed by atoms with E-state index in [1.807, 2.05) is 0 Å². The number of esters is 1. The first-order valence-corrected chi connectivity index (χ1v) is 14.8. The number of unbranched alkanes of at least 4 members (excludes halogenated alkanes) is 17. The van der Waals surface area contributed by atoms with Crippen LogP contribution in [0.15, 0.2) is 12.2 Å². The number of aliphatic hydroxyl groups excluding tert-OH is 1. The van der Waals surface area contributed by atoms with Crippen molar-refractivity contribution in [2.75, 3.05) is 19.8 Å². The molecule has 0 fully saturated rings. The van der Waals surface area contributed by atoms with E-state index in [0.29, 0.717) is 19.6 Å². The topological polar surface area (TPSA) is 55.8 Å². The molecule has 1 N–H and O–H groups in total. The minimum absolute atomic E-state index is 0.171. The number of aliphatic hydroxyl groups is 1. The summed E-state index contributed by atoms with van der Waals surface area (Å²) < 4.78 is 11.0. The van der Waals surface area contributed by atoms with Crippen LogP contribution in [-0.4, -0.2) is 37.0 Å². The fourth-order valence-corrected chi connectivity index (χ4v) is 4.08. The Morgan fingerprint density at radius 2 is 1.15 bits per heavy atom. The van der Waals surface area contributed by atoms with Gasteiger partial charge < -0.3 is 14.6 Å². The van der Waals surface area contributed by atoms with Crippen molar-refractivity contribution in [2.24, 2.45) is 0 Å². The lowest BCUT2D eigenvalue weighted by Gasteiger charge is -2.15. The average molecular weight is 483 g/mol. The predicted molar refractivity (Wildman–Crippen MR) is 145 cm³/mol. The molecule has 4 nitrogen and oxygen atoms in total. The van der Waals surface area contributed by atoms with Gasteiger partial charge in [0, 0.05) is 13.0 Å². The standard InChI is InChI=1S/C30H58O4/c1-3-5-7-9-11-13-15-16-17-19-21-23-25-30(32)34-29(27-31)28-33-26-24-22-20-18-14-12-10-8-6-4-2/h11,13,29,31H,3-10,12,14-28H2,1-2H3/b13-11-. The molecule has 0 rings (SSSR count). The highest BCUT2D eigenvalue weighted by atomic mass is 16.6. The van der Waals surface area contributed by atoms with Gasteiger partial charge in [0.2, 0.25) is 0 Å². The smallest absolute Gasteiger partial charge is 0.306 e. The summed E-state index contributed by atoms with van der Waals surface area (Å²) in [5.74, 6) is -0.211. The molecule has 1 atom stereocenters. The summed E-state index contributed by atoms with van der Waals surface area (Å²) in [5.41, 5.74) is 0. The molecule has 0 aromatic carbocycles. The lowest BCUT2D eigenvalue weighted by atomic mass is 10.1. The van der Waals surface area contributed by atoms with Crippen LogP contribution in [0.25, 0.3) is 0 Å². The van der Waals surface area contributed by atoms with Crippen LogP contribution in [0.2, 0.25) is 0 Å². The van der Waals surface area contributed by atoms with Crippen molar-refractivity contribution in [1.29, 1.82) is 0 Å². The Morgan fingerprint density at radius 3 is 1.74 bits per heavy atom. The summed E-state index contributed by atoms with van der Waals surface area (Å²) in [4.78, 5) is 12.0. The van der Waals surface area contributed by atoms with E-state index in [-0.39, 0.29) is 12.6 Å². The number of rotatable bonds is 27. The van der Waals surface area contributed by atoms with E-state index < -0.39 is 6.10 Å². The highest BCUT2D eigenvalue weighted by Crippen LogP contribution is 2.11. The van der Waals surface area contributed by atoms with Gasteiger partial charge in [0.15, 0.2) is 0 Å². The summed E-state index contributed by atoms with van der Waals surface area (Å²) in [6.07, 6.45) is 29.4. The Morgan fingerprint density at radius 1 is 0.676 bits per heavy atom. The van der Waals surface area contributed by atoms with Crippen molar-refractivity contribution in [3.05, 3.63) is 12.2 Å². The quantitative estimate of drug-likeness (QED) is 0.0722. The van der Waals surface area contributed by atoms with Crippen LogP contribution in [0.1, 0.15) is 149 Å². The SMILES string of the molecule is CCCCC/C=C\CCCCCCCC(=O)OC(CO)COCCCCCCCCCCCC. The van der Waals surface area contributed by atoms with Gasteiger partial charge in [-0.3, -0.25) is 4.79 Å². The van der Waals surface area contributed by atoms with Crippen LogP contribution >= 0.6 is 0 Å². The van der Waals surface area contributed by atoms with Gasteiger partial charge in [-0.05, 0) is 38.5 Å². The molecule has 0 amide bonds. The third kappa shape index (κ3) is 25.7. The molecule has 4 heteroatoms. The van der Waals surface area contributed by atoms with Crippen molar-refractivity contribution in [3.63, 3.8) is 0 Å². The Kier molecular flexibility index (Phi) is 27.6. The maximum atomic E-state index is 12.0. The molecule has 0 spiro atoms. The van der Waals surface area contributed by atoms with Gasteiger partial charge in [0.1, 0.15) is 6.10 Å². The molecule has 0 saturated carbocycles. The lowest BCUT2D eigenvalue weighted by molar-refractivity contribution is -0.154. The molecular formula is C30H58O4. The maximum absolute atomic E-state index is 12.0. The zero-order valence-electron chi connectivity index (χ0n) is 22.9. The van der Waals surface area contributed by atoms with Gasteiger partial charge in [0.25, 0.3) is 0 Å².